The third-order valence-corrected chi connectivity index (χ3v) is 6.30. The van der Waals surface area contributed by atoms with Crippen molar-refractivity contribution in [1.29, 1.82) is 0 Å². The number of aryl methyl sites for hydroxylation is 2. The number of aromatic hydroxyl groups is 1. The van der Waals surface area contributed by atoms with Gasteiger partial charge in [-0.15, -0.1) is 0 Å². The molecule has 0 saturated heterocycles. The first-order valence-electron chi connectivity index (χ1n) is 12.3. The van der Waals surface area contributed by atoms with E-state index in [2.05, 4.69) is 5.32 Å². The smallest absolute Gasteiger partial charge is 0.366 e. The summed E-state index contributed by atoms with van der Waals surface area (Å²) in [6.07, 6.45) is 0.470. The van der Waals surface area contributed by atoms with E-state index in [1.165, 1.54) is 20.1 Å². The van der Waals surface area contributed by atoms with Crippen LogP contribution in [0.25, 0.3) is 0 Å². The minimum absolute atomic E-state index is 0.0145. The summed E-state index contributed by atoms with van der Waals surface area (Å²) >= 11 is 0. The lowest BCUT2D eigenvalue weighted by Gasteiger charge is -2.27. The van der Waals surface area contributed by atoms with E-state index in [0.29, 0.717) is 16.2 Å². The molecule has 0 aliphatic carbocycles. The first-order chi connectivity index (χ1) is 18.5. The number of pyridine rings is 1. The summed E-state index contributed by atoms with van der Waals surface area (Å²) in [6.45, 7) is 7.13. The van der Waals surface area contributed by atoms with Gasteiger partial charge in [-0.2, -0.15) is 0 Å². The highest BCUT2D eigenvalue weighted by Crippen LogP contribution is 2.35. The van der Waals surface area contributed by atoms with Crippen LogP contribution < -0.4 is 24.3 Å². The molecule has 3 aromatic rings. The molecule has 0 radical (unpaired) electrons. The van der Waals surface area contributed by atoms with Gasteiger partial charge in [0.25, 0.3) is 0 Å². The van der Waals surface area contributed by atoms with E-state index in [4.69, 9.17) is 18.9 Å². The Labute approximate surface area is 227 Å². The molecular formula is C29H35N2O8+. The van der Waals surface area contributed by atoms with Crippen molar-refractivity contribution in [3.05, 3.63) is 76.6 Å². The molecule has 1 aromatic heterocycles. The summed E-state index contributed by atoms with van der Waals surface area (Å²) in [6, 6.07) is 11.8. The predicted molar refractivity (Wildman–Crippen MR) is 142 cm³/mol. The lowest BCUT2D eigenvalue weighted by molar-refractivity contribution is -0.906. The number of nitrogens with one attached hydrogen (secondary N) is 1. The molecule has 10 nitrogen and oxygen atoms in total. The highest BCUT2D eigenvalue weighted by Gasteiger charge is 2.33. The average molecular weight is 540 g/mol. The molecule has 3 rings (SSSR count). The minimum atomic E-state index is -1.11. The van der Waals surface area contributed by atoms with Gasteiger partial charge in [-0.1, -0.05) is 12.1 Å². The number of esters is 1. The molecule has 2 atom stereocenters. The molecular weight excluding hydrogens is 504 g/mol. The number of benzene rings is 2. The van der Waals surface area contributed by atoms with E-state index < -0.39 is 35.5 Å². The Morgan fingerprint density at radius 1 is 0.872 bits per heavy atom. The van der Waals surface area contributed by atoms with Crippen LogP contribution in [0.15, 0.2) is 48.7 Å². The summed E-state index contributed by atoms with van der Waals surface area (Å²) in [7, 11) is 4.49. The fourth-order valence-corrected chi connectivity index (χ4v) is 4.45. The zero-order chi connectivity index (χ0) is 28.9. The predicted octanol–water partition coefficient (Wildman–Crippen LogP) is 3.44. The molecule has 0 bridgehead atoms. The number of hydrogen-bond acceptors (Lipinski definition) is 8. The third kappa shape index (κ3) is 6.70. The summed E-state index contributed by atoms with van der Waals surface area (Å²) in [5.74, 6) is -1.23. The van der Waals surface area contributed by atoms with Gasteiger partial charge >= 0.3 is 17.6 Å². The maximum atomic E-state index is 13.1. The van der Waals surface area contributed by atoms with Gasteiger partial charge in [0.15, 0.2) is 5.75 Å². The van der Waals surface area contributed by atoms with E-state index in [9.17, 15) is 19.9 Å². The van der Waals surface area contributed by atoms with Crippen molar-refractivity contribution >= 4 is 11.9 Å². The second-order valence-electron chi connectivity index (χ2n) is 9.31. The van der Waals surface area contributed by atoms with Crippen molar-refractivity contribution in [2.24, 2.45) is 0 Å². The summed E-state index contributed by atoms with van der Waals surface area (Å²) in [5.41, 5.74) is 3.21. The second-order valence-corrected chi connectivity index (χ2v) is 9.31. The lowest BCUT2D eigenvalue weighted by atomic mass is 9.85. The Kier molecular flexibility index (Phi) is 9.24. The van der Waals surface area contributed by atoms with Crippen LogP contribution in [0.3, 0.4) is 0 Å². The lowest BCUT2D eigenvalue weighted by Crippen LogP contribution is -2.47. The molecule has 10 heteroatoms. The van der Waals surface area contributed by atoms with Crippen LogP contribution in [0.5, 0.6) is 23.0 Å². The van der Waals surface area contributed by atoms with E-state index in [1.54, 1.807) is 21.1 Å². The van der Waals surface area contributed by atoms with Gasteiger partial charge in [0.1, 0.15) is 23.6 Å². The van der Waals surface area contributed by atoms with Crippen LogP contribution in [0, 0.1) is 13.8 Å². The van der Waals surface area contributed by atoms with Crippen LogP contribution in [0.1, 0.15) is 52.5 Å². The first kappa shape index (κ1) is 29.1. The minimum Gasteiger partial charge on any atom is -0.499 e. The fraction of sp³-hybridized carbons (Fsp3) is 0.345. The van der Waals surface area contributed by atoms with Gasteiger partial charge in [0, 0.05) is 10.6 Å². The molecule has 3 N–H and O–H groups in total. The van der Waals surface area contributed by atoms with Gasteiger partial charge in [0.05, 0.1) is 27.4 Å². The van der Waals surface area contributed by atoms with Crippen LogP contribution in [0.4, 0.5) is 0 Å². The van der Waals surface area contributed by atoms with E-state index in [0.717, 1.165) is 28.5 Å². The number of rotatable bonds is 10. The standard InChI is InChI=1S/C29H34N2O8/c1-16-10-20(14-22(12-16)36-5)25(21-11-17(2)13-23(15-21)37-6)19(4)39-29(34)18(3)30-28(33)26-27(32)24(38-7)8-9-31(26)35/h8-15,18-19,25H,1-7H3,(H2-,30,32,33,35)/p+1/t18-,19-/m0/s1. The molecule has 0 aliphatic heterocycles. The monoisotopic (exact) mass is 539 g/mol. The van der Waals surface area contributed by atoms with Crippen molar-refractivity contribution in [3.63, 3.8) is 0 Å². The van der Waals surface area contributed by atoms with Crippen LogP contribution in [-0.2, 0) is 9.53 Å². The van der Waals surface area contributed by atoms with E-state index in [-0.39, 0.29) is 11.7 Å². The summed E-state index contributed by atoms with van der Waals surface area (Å²) in [5, 5.41) is 22.8. The SMILES string of the molecule is COc1cc(C)cc(C(c2cc(C)cc(OC)c2)[C@H](C)OC(=O)[C@H](C)NC(=O)c2c(O)c(OC)cc[n+]2O)c1. The topological polar surface area (TPSA) is 127 Å². The molecule has 1 heterocycles. The number of methoxy groups -OCH3 is 3. The van der Waals surface area contributed by atoms with Crippen LogP contribution in [-0.4, -0.2) is 55.7 Å². The maximum absolute atomic E-state index is 13.1. The zero-order valence-electron chi connectivity index (χ0n) is 23.1. The van der Waals surface area contributed by atoms with Crippen molar-refractivity contribution < 1.29 is 43.6 Å². The Bertz CT molecular complexity index is 1300. The van der Waals surface area contributed by atoms with Crippen LogP contribution in [0.2, 0.25) is 0 Å². The highest BCUT2D eigenvalue weighted by atomic mass is 16.5. The fourth-order valence-electron chi connectivity index (χ4n) is 4.45. The molecule has 2 aromatic carbocycles. The van der Waals surface area contributed by atoms with Gasteiger partial charge in [-0.25, -0.2) is 4.79 Å². The maximum Gasteiger partial charge on any atom is 0.366 e. The van der Waals surface area contributed by atoms with E-state index >= 15 is 0 Å². The second kappa shape index (κ2) is 12.4. The number of nitrogens with zero attached hydrogens (tertiary/aromatic N) is 1. The van der Waals surface area contributed by atoms with Crippen LogP contribution >= 0.6 is 0 Å². The molecule has 0 unspecified atom stereocenters. The number of hydrogen-bond donors (Lipinski definition) is 3. The van der Waals surface area contributed by atoms with E-state index in [1.807, 2.05) is 50.2 Å². The summed E-state index contributed by atoms with van der Waals surface area (Å²) < 4.78 is 22.3. The summed E-state index contributed by atoms with van der Waals surface area (Å²) in [4.78, 5) is 25.9. The normalized spacial score (nSPS) is 12.4. The molecule has 0 fully saturated rings. The zero-order valence-corrected chi connectivity index (χ0v) is 23.1. The number of ether oxygens (including phenoxy) is 4. The largest absolute Gasteiger partial charge is 0.499 e. The van der Waals surface area contributed by atoms with Crippen molar-refractivity contribution in [2.45, 2.75) is 45.8 Å². The number of amides is 1. The molecule has 39 heavy (non-hydrogen) atoms. The molecule has 0 aliphatic rings. The number of carbonyl (C=O) groups is 2. The van der Waals surface area contributed by atoms with Crippen molar-refractivity contribution in [1.82, 2.24) is 5.32 Å². The Hall–Kier alpha value is -4.47. The Morgan fingerprint density at radius 2 is 1.41 bits per heavy atom. The van der Waals surface area contributed by atoms with Gasteiger partial charge in [-0.3, -0.25) is 10.0 Å². The highest BCUT2D eigenvalue weighted by molar-refractivity contribution is 5.96. The van der Waals surface area contributed by atoms with Gasteiger partial charge < -0.3 is 29.4 Å². The average Bonchev–Trinajstić information content (AvgIpc) is 2.88. The molecule has 0 saturated carbocycles. The first-order valence-corrected chi connectivity index (χ1v) is 12.3. The third-order valence-electron chi connectivity index (χ3n) is 6.30. The number of aromatic nitrogens is 1. The van der Waals surface area contributed by atoms with Crippen molar-refractivity contribution in [2.75, 3.05) is 21.3 Å². The molecule has 1 amide bonds. The quantitative estimate of drug-likeness (QED) is 0.203. The Morgan fingerprint density at radius 3 is 1.90 bits per heavy atom. The molecule has 208 valence electrons. The number of carbonyl (C=O) groups excluding carboxylic acids is 2. The van der Waals surface area contributed by atoms with Crippen molar-refractivity contribution in [3.8, 4) is 23.0 Å². The van der Waals surface area contributed by atoms with Gasteiger partial charge in [-0.05, 0) is 74.2 Å². The van der Waals surface area contributed by atoms with Gasteiger partial charge in [0.2, 0.25) is 11.9 Å². The Balaban J connectivity index is 1.89. The molecule has 0 spiro atoms.